The van der Waals surface area contributed by atoms with Gasteiger partial charge in [0.1, 0.15) is 5.28 Å². The van der Waals surface area contributed by atoms with E-state index in [1.54, 1.807) is 40.7 Å². The van der Waals surface area contributed by atoms with Crippen LogP contribution in [0.1, 0.15) is 41.0 Å². The Morgan fingerprint density at radius 2 is 1.76 bits per heavy atom. The zero-order valence-corrected chi connectivity index (χ0v) is 11.9. The van der Waals surface area contributed by atoms with Gasteiger partial charge in [-0.25, -0.2) is 0 Å². The molecular formula is C11H21NO4P-. The average molecular weight is 262 g/mol. The van der Waals surface area contributed by atoms with Crippen LogP contribution in [0.2, 0.25) is 0 Å². The summed E-state index contributed by atoms with van der Waals surface area (Å²) in [5.74, 6) is 0. The summed E-state index contributed by atoms with van der Waals surface area (Å²) >= 11 is 0. The van der Waals surface area contributed by atoms with Gasteiger partial charge in [0, 0.05) is 6.42 Å². The van der Waals surface area contributed by atoms with Crippen molar-refractivity contribution in [3.63, 3.8) is 0 Å². The van der Waals surface area contributed by atoms with Gasteiger partial charge in [0.15, 0.2) is 0 Å². The van der Waals surface area contributed by atoms with Gasteiger partial charge in [-0.3, -0.25) is 4.57 Å². The van der Waals surface area contributed by atoms with Crippen molar-refractivity contribution < 1.29 is 13.6 Å². The summed E-state index contributed by atoms with van der Waals surface area (Å²) in [6, 6.07) is 0. The molecule has 6 heteroatoms. The van der Waals surface area contributed by atoms with Crippen molar-refractivity contribution >= 4 is 7.60 Å². The minimum Gasteiger partial charge on any atom is -0.758 e. The normalized spacial score (nSPS) is 25.3. The number of hydrogen-bond donors (Lipinski definition) is 0. The Morgan fingerprint density at radius 1 is 1.29 bits per heavy atom. The van der Waals surface area contributed by atoms with Crippen molar-refractivity contribution in [1.82, 2.24) is 5.06 Å². The fraction of sp³-hybridized carbons (Fsp3) is 0.818. The van der Waals surface area contributed by atoms with Crippen molar-refractivity contribution in [2.75, 3.05) is 0 Å². The number of hydrogen-bond acceptors (Lipinski definition) is 5. The van der Waals surface area contributed by atoms with E-state index in [0.29, 0.717) is 11.5 Å². The quantitative estimate of drug-likeness (QED) is 0.710. The minimum atomic E-state index is -3.50. The second kappa shape index (κ2) is 5.11. The molecule has 5 nitrogen and oxygen atoms in total. The van der Waals surface area contributed by atoms with E-state index in [4.69, 9.17) is 9.05 Å². The van der Waals surface area contributed by atoms with Crippen molar-refractivity contribution in [1.29, 1.82) is 0 Å². The molecule has 0 aromatic rings. The molecule has 0 aliphatic carbocycles. The average Bonchev–Trinajstić information content (AvgIpc) is 2.45. The van der Waals surface area contributed by atoms with Gasteiger partial charge >= 0.3 is 7.60 Å². The van der Waals surface area contributed by atoms with E-state index in [-0.39, 0.29) is 12.2 Å². The molecule has 1 aliphatic rings. The standard InChI is InChI=1S/C11H21NO4P/c1-9(2)15-17(14,16-10(3)4)11(5)7-6-8-12(11)13/h6,8-10H,7H2,1-5H3/q-1. The van der Waals surface area contributed by atoms with E-state index < -0.39 is 12.9 Å². The molecule has 0 aromatic carbocycles. The van der Waals surface area contributed by atoms with Gasteiger partial charge in [0.05, 0.1) is 12.2 Å². The Morgan fingerprint density at radius 3 is 2.06 bits per heavy atom. The lowest BCUT2D eigenvalue weighted by atomic mass is 10.3. The molecule has 0 aromatic heterocycles. The first-order valence-electron chi connectivity index (χ1n) is 5.81. The van der Waals surface area contributed by atoms with Crippen molar-refractivity contribution in [3.05, 3.63) is 17.5 Å². The SMILES string of the molecule is CC(C)OP(=O)(OC(C)C)C1(C)CC=CN1[O-]. The lowest BCUT2D eigenvalue weighted by Crippen LogP contribution is -2.38. The molecule has 17 heavy (non-hydrogen) atoms. The zero-order valence-electron chi connectivity index (χ0n) is 11.0. The van der Waals surface area contributed by atoms with Crippen LogP contribution in [0.3, 0.4) is 0 Å². The van der Waals surface area contributed by atoms with E-state index in [1.807, 2.05) is 0 Å². The Bertz CT molecular complexity index is 328. The van der Waals surface area contributed by atoms with Gasteiger partial charge in [-0.15, -0.1) is 0 Å². The first-order valence-corrected chi connectivity index (χ1v) is 7.35. The van der Waals surface area contributed by atoms with E-state index in [9.17, 15) is 9.77 Å². The fourth-order valence-electron chi connectivity index (χ4n) is 1.66. The molecule has 0 bridgehead atoms. The maximum absolute atomic E-state index is 12.8. The second-order valence-electron chi connectivity index (χ2n) is 4.94. The highest BCUT2D eigenvalue weighted by Gasteiger charge is 2.50. The summed E-state index contributed by atoms with van der Waals surface area (Å²) in [7, 11) is -3.50. The van der Waals surface area contributed by atoms with Crippen LogP contribution >= 0.6 is 7.60 Å². The molecule has 0 saturated heterocycles. The molecule has 1 rings (SSSR count). The van der Waals surface area contributed by atoms with Gasteiger partial charge in [-0.05, 0) is 40.8 Å². The van der Waals surface area contributed by atoms with Gasteiger partial charge in [-0.2, -0.15) is 0 Å². The largest absolute Gasteiger partial charge is 0.758 e. The molecule has 100 valence electrons. The first-order chi connectivity index (χ1) is 7.71. The smallest absolute Gasteiger partial charge is 0.355 e. The highest BCUT2D eigenvalue weighted by molar-refractivity contribution is 7.55. The number of rotatable bonds is 5. The van der Waals surface area contributed by atoms with Gasteiger partial charge in [0.25, 0.3) is 0 Å². The third-order valence-electron chi connectivity index (χ3n) is 2.51. The van der Waals surface area contributed by atoms with Crippen molar-refractivity contribution in [2.24, 2.45) is 0 Å². The maximum Gasteiger partial charge on any atom is 0.355 e. The summed E-state index contributed by atoms with van der Waals surface area (Å²) in [4.78, 5) is 0. The molecule has 1 atom stereocenters. The van der Waals surface area contributed by atoms with Gasteiger partial charge in [-0.1, -0.05) is 6.08 Å². The van der Waals surface area contributed by atoms with Gasteiger partial charge in [0.2, 0.25) is 0 Å². The van der Waals surface area contributed by atoms with Crippen LogP contribution in [0.25, 0.3) is 0 Å². The highest BCUT2D eigenvalue weighted by Crippen LogP contribution is 2.65. The van der Waals surface area contributed by atoms with Crippen molar-refractivity contribution in [2.45, 2.75) is 58.5 Å². The second-order valence-corrected chi connectivity index (χ2v) is 7.32. The summed E-state index contributed by atoms with van der Waals surface area (Å²) < 4.78 is 23.8. The third kappa shape index (κ3) is 2.91. The Kier molecular flexibility index (Phi) is 4.42. The maximum atomic E-state index is 12.8. The first kappa shape index (κ1) is 14.7. The minimum absolute atomic E-state index is 0.259. The summed E-state index contributed by atoms with van der Waals surface area (Å²) in [5, 5.41) is 11.3. The predicted molar refractivity (Wildman–Crippen MR) is 67.4 cm³/mol. The molecule has 1 heterocycles. The topological polar surface area (TPSA) is 61.8 Å². The Labute approximate surface area is 103 Å². The molecule has 0 spiro atoms. The molecule has 1 aliphatic heterocycles. The molecule has 0 saturated carbocycles. The monoisotopic (exact) mass is 262 g/mol. The molecular weight excluding hydrogens is 241 g/mol. The van der Waals surface area contributed by atoms with Crippen LogP contribution in [-0.2, 0) is 13.6 Å². The van der Waals surface area contributed by atoms with Crippen LogP contribution in [0.4, 0.5) is 0 Å². The van der Waals surface area contributed by atoms with Crippen LogP contribution in [0, 0.1) is 5.21 Å². The van der Waals surface area contributed by atoms with Crippen LogP contribution in [-0.4, -0.2) is 22.6 Å². The van der Waals surface area contributed by atoms with Crippen LogP contribution < -0.4 is 0 Å². The van der Waals surface area contributed by atoms with E-state index in [0.717, 1.165) is 0 Å². The Hall–Kier alpha value is -0.350. The predicted octanol–water partition coefficient (Wildman–Crippen LogP) is 3.46. The number of hydroxylamine groups is 2. The molecule has 0 fully saturated rings. The summed E-state index contributed by atoms with van der Waals surface area (Å²) in [5.41, 5.74) is 0. The number of nitrogens with zero attached hydrogens (tertiary/aromatic N) is 1. The fourth-order valence-corrected chi connectivity index (χ4v) is 3.91. The van der Waals surface area contributed by atoms with E-state index in [1.165, 1.54) is 6.20 Å². The van der Waals surface area contributed by atoms with Crippen LogP contribution in [0.5, 0.6) is 0 Å². The van der Waals surface area contributed by atoms with Gasteiger partial charge < -0.3 is 19.3 Å². The van der Waals surface area contributed by atoms with E-state index in [2.05, 4.69) is 0 Å². The third-order valence-corrected chi connectivity index (χ3v) is 5.47. The summed E-state index contributed by atoms with van der Waals surface area (Å²) in [6.45, 7) is 8.72. The highest BCUT2D eigenvalue weighted by atomic mass is 31.2. The summed E-state index contributed by atoms with van der Waals surface area (Å²) in [6.07, 6.45) is 2.91. The Balaban J connectivity index is 3.01. The van der Waals surface area contributed by atoms with Crippen LogP contribution in [0.15, 0.2) is 12.3 Å². The molecule has 0 amide bonds. The zero-order chi connectivity index (χ0) is 13.3. The van der Waals surface area contributed by atoms with E-state index >= 15 is 0 Å². The molecule has 1 unspecified atom stereocenters. The molecule has 0 N–H and O–H groups in total. The molecule has 0 radical (unpaired) electrons. The lowest BCUT2D eigenvalue weighted by Gasteiger charge is -2.45. The lowest BCUT2D eigenvalue weighted by molar-refractivity contribution is 0.111. The van der Waals surface area contributed by atoms with Crippen molar-refractivity contribution in [3.8, 4) is 0 Å².